The van der Waals surface area contributed by atoms with Crippen LogP contribution in [-0.2, 0) is 0 Å². The average Bonchev–Trinajstić information content (AvgIpc) is 2.55. The molecule has 0 saturated heterocycles. The molecule has 1 aromatic carbocycles. The lowest BCUT2D eigenvalue weighted by atomic mass is 9.95. The minimum Gasteiger partial charge on any atom is -0.380 e. The zero-order valence-corrected chi connectivity index (χ0v) is 14.0. The van der Waals surface area contributed by atoms with E-state index >= 15 is 0 Å². The highest BCUT2D eigenvalue weighted by atomic mass is 19.1. The van der Waals surface area contributed by atoms with Gasteiger partial charge in [-0.15, -0.1) is 0 Å². The Kier molecular flexibility index (Phi) is 4.34. The number of aromatic nitrogens is 2. The molecule has 1 aliphatic rings. The van der Waals surface area contributed by atoms with Gasteiger partial charge in [-0.05, 0) is 38.8 Å². The van der Waals surface area contributed by atoms with Crippen LogP contribution in [0.25, 0.3) is 10.9 Å². The van der Waals surface area contributed by atoms with Crippen molar-refractivity contribution in [3.8, 4) is 0 Å². The standard InChI is InChI=1S/C17H23FN4O2/c1-10(2)21-15-9-14(20-11-6-4-3-5-7-11)13(18)8-12(15)16(23)22(19)17(21)24/h8-11,20H,3-7,19H2,1-2H3. The second-order valence-electron chi connectivity index (χ2n) is 6.75. The first-order valence-corrected chi connectivity index (χ1v) is 8.42. The number of halogens is 1. The van der Waals surface area contributed by atoms with Crippen molar-refractivity contribution in [2.45, 2.75) is 58.0 Å². The molecular formula is C17H23FN4O2. The van der Waals surface area contributed by atoms with E-state index in [2.05, 4.69) is 5.32 Å². The third-order valence-electron chi connectivity index (χ3n) is 4.69. The van der Waals surface area contributed by atoms with Gasteiger partial charge >= 0.3 is 5.69 Å². The fraction of sp³-hybridized carbons (Fsp3) is 0.529. The van der Waals surface area contributed by atoms with Crippen molar-refractivity contribution in [2.24, 2.45) is 0 Å². The summed E-state index contributed by atoms with van der Waals surface area (Å²) in [4.78, 5) is 24.5. The van der Waals surface area contributed by atoms with Crippen LogP contribution < -0.4 is 22.4 Å². The fourth-order valence-electron chi connectivity index (χ4n) is 3.44. The highest BCUT2D eigenvalue weighted by Crippen LogP contribution is 2.26. The third kappa shape index (κ3) is 2.79. The average molecular weight is 334 g/mol. The van der Waals surface area contributed by atoms with Crippen molar-refractivity contribution in [1.29, 1.82) is 0 Å². The summed E-state index contributed by atoms with van der Waals surface area (Å²) in [7, 11) is 0. The molecule has 1 saturated carbocycles. The van der Waals surface area contributed by atoms with Crippen LogP contribution in [0.4, 0.5) is 10.1 Å². The van der Waals surface area contributed by atoms with Gasteiger partial charge in [-0.1, -0.05) is 19.3 Å². The molecule has 2 aromatic rings. The molecule has 0 atom stereocenters. The largest absolute Gasteiger partial charge is 0.380 e. The molecule has 6 nitrogen and oxygen atoms in total. The number of rotatable bonds is 3. The number of nitrogens with two attached hydrogens (primary N) is 1. The molecule has 130 valence electrons. The molecule has 1 aliphatic carbocycles. The number of benzene rings is 1. The fourth-order valence-corrected chi connectivity index (χ4v) is 3.44. The quantitative estimate of drug-likeness (QED) is 0.844. The molecule has 3 N–H and O–H groups in total. The van der Waals surface area contributed by atoms with Crippen LogP contribution in [0, 0.1) is 5.82 Å². The second kappa shape index (κ2) is 6.30. The van der Waals surface area contributed by atoms with Crippen LogP contribution in [0.5, 0.6) is 0 Å². The summed E-state index contributed by atoms with van der Waals surface area (Å²) >= 11 is 0. The van der Waals surface area contributed by atoms with Crippen LogP contribution in [0.2, 0.25) is 0 Å². The minimum absolute atomic E-state index is 0.109. The van der Waals surface area contributed by atoms with Crippen LogP contribution in [0.15, 0.2) is 21.7 Å². The topological polar surface area (TPSA) is 82.1 Å². The number of hydrogen-bond acceptors (Lipinski definition) is 4. The lowest BCUT2D eigenvalue weighted by Crippen LogP contribution is -2.45. The summed E-state index contributed by atoms with van der Waals surface area (Å²) in [6, 6.07) is 2.75. The van der Waals surface area contributed by atoms with E-state index in [-0.39, 0.29) is 17.5 Å². The Hall–Kier alpha value is -2.31. The monoisotopic (exact) mass is 334 g/mol. The molecule has 0 aliphatic heterocycles. The molecule has 0 amide bonds. The summed E-state index contributed by atoms with van der Waals surface area (Å²) in [5.74, 6) is 5.06. The van der Waals surface area contributed by atoms with E-state index in [0.717, 1.165) is 25.7 Å². The van der Waals surface area contributed by atoms with Gasteiger partial charge in [-0.3, -0.25) is 9.36 Å². The number of nitrogen functional groups attached to an aromatic ring is 1. The Balaban J connectivity index is 2.18. The maximum atomic E-state index is 14.5. The van der Waals surface area contributed by atoms with E-state index < -0.39 is 17.1 Å². The second-order valence-corrected chi connectivity index (χ2v) is 6.75. The Bertz CT molecular complexity index is 879. The molecule has 1 fully saturated rings. The van der Waals surface area contributed by atoms with Gasteiger partial charge in [-0.2, -0.15) is 4.68 Å². The van der Waals surface area contributed by atoms with Crippen molar-refractivity contribution in [3.05, 3.63) is 38.8 Å². The van der Waals surface area contributed by atoms with Crippen LogP contribution >= 0.6 is 0 Å². The first kappa shape index (κ1) is 16.5. The van der Waals surface area contributed by atoms with Gasteiger partial charge in [0.15, 0.2) is 0 Å². The zero-order chi connectivity index (χ0) is 17.4. The van der Waals surface area contributed by atoms with E-state index in [9.17, 15) is 14.0 Å². The number of anilines is 1. The van der Waals surface area contributed by atoms with E-state index in [0.29, 0.717) is 15.9 Å². The molecule has 0 bridgehead atoms. The first-order valence-electron chi connectivity index (χ1n) is 8.42. The minimum atomic E-state index is -0.685. The number of nitrogens with zero attached hydrogens (tertiary/aromatic N) is 2. The van der Waals surface area contributed by atoms with Gasteiger partial charge in [0.1, 0.15) is 5.82 Å². The molecule has 0 spiro atoms. The van der Waals surface area contributed by atoms with Crippen molar-refractivity contribution >= 4 is 16.6 Å². The smallest absolute Gasteiger partial charge is 0.350 e. The van der Waals surface area contributed by atoms with Crippen LogP contribution in [0.3, 0.4) is 0 Å². The maximum absolute atomic E-state index is 14.5. The molecule has 7 heteroatoms. The predicted molar refractivity (Wildman–Crippen MR) is 93.5 cm³/mol. The van der Waals surface area contributed by atoms with E-state index in [1.54, 1.807) is 6.07 Å². The van der Waals surface area contributed by atoms with Crippen LogP contribution in [0.1, 0.15) is 52.0 Å². The highest BCUT2D eigenvalue weighted by molar-refractivity contribution is 5.82. The third-order valence-corrected chi connectivity index (χ3v) is 4.69. The molecule has 1 aromatic heterocycles. The maximum Gasteiger partial charge on any atom is 0.350 e. The highest BCUT2D eigenvalue weighted by Gasteiger charge is 2.19. The predicted octanol–water partition coefficient (Wildman–Crippen LogP) is 2.34. The summed E-state index contributed by atoms with van der Waals surface area (Å²) in [6.07, 6.45) is 5.46. The Morgan fingerprint density at radius 1 is 1.21 bits per heavy atom. The van der Waals surface area contributed by atoms with Gasteiger partial charge < -0.3 is 11.2 Å². The summed E-state index contributed by atoms with van der Waals surface area (Å²) in [6.45, 7) is 3.64. The first-order chi connectivity index (χ1) is 11.4. The van der Waals surface area contributed by atoms with Crippen molar-refractivity contribution in [1.82, 2.24) is 9.24 Å². The zero-order valence-electron chi connectivity index (χ0n) is 14.0. The normalized spacial score (nSPS) is 16.0. The molecule has 24 heavy (non-hydrogen) atoms. The van der Waals surface area contributed by atoms with Gasteiger partial charge in [0.05, 0.1) is 16.6 Å². The molecular weight excluding hydrogens is 311 g/mol. The lowest BCUT2D eigenvalue weighted by molar-refractivity contribution is 0.460. The van der Waals surface area contributed by atoms with Crippen molar-refractivity contribution in [3.63, 3.8) is 0 Å². The Morgan fingerprint density at radius 2 is 1.88 bits per heavy atom. The van der Waals surface area contributed by atoms with E-state index in [4.69, 9.17) is 5.84 Å². The Morgan fingerprint density at radius 3 is 2.50 bits per heavy atom. The van der Waals surface area contributed by atoms with Crippen molar-refractivity contribution in [2.75, 3.05) is 11.2 Å². The van der Waals surface area contributed by atoms with Crippen molar-refractivity contribution < 1.29 is 4.39 Å². The molecule has 0 unspecified atom stereocenters. The van der Waals surface area contributed by atoms with Gasteiger partial charge in [-0.25, -0.2) is 9.18 Å². The van der Waals surface area contributed by atoms with E-state index in [1.807, 2.05) is 13.8 Å². The number of nitrogens with one attached hydrogen (secondary N) is 1. The summed E-state index contributed by atoms with van der Waals surface area (Å²) in [5, 5.41) is 3.34. The molecule has 0 radical (unpaired) electrons. The summed E-state index contributed by atoms with van der Waals surface area (Å²) in [5.41, 5.74) is -0.550. The number of fused-ring (bicyclic) bond motifs is 1. The van der Waals surface area contributed by atoms with Gasteiger partial charge in [0.2, 0.25) is 0 Å². The molecule has 1 heterocycles. The number of hydrogen-bond donors (Lipinski definition) is 2. The van der Waals surface area contributed by atoms with E-state index in [1.165, 1.54) is 17.1 Å². The molecule has 3 rings (SSSR count). The van der Waals surface area contributed by atoms with Gasteiger partial charge in [0.25, 0.3) is 5.56 Å². The lowest BCUT2D eigenvalue weighted by Gasteiger charge is -2.24. The Labute approximate surface area is 139 Å². The summed E-state index contributed by atoms with van der Waals surface area (Å²) < 4.78 is 16.4. The SMILES string of the molecule is CC(C)n1c(=O)n(N)c(=O)c2cc(F)c(NC3CCCCC3)cc21. The van der Waals surface area contributed by atoms with Crippen LogP contribution in [-0.4, -0.2) is 15.3 Å². The van der Waals surface area contributed by atoms with Gasteiger partial charge in [0, 0.05) is 12.1 Å².